The maximum absolute atomic E-state index is 13.0. The fraction of sp³-hybridized carbons (Fsp3) is 0.316. The van der Waals surface area contributed by atoms with Crippen molar-refractivity contribution in [3.05, 3.63) is 54.0 Å². The molecule has 0 aliphatic carbocycles. The molecule has 0 aliphatic rings. The van der Waals surface area contributed by atoms with Gasteiger partial charge in [-0.25, -0.2) is 17.8 Å². The molecule has 0 atom stereocenters. The fourth-order valence-corrected chi connectivity index (χ4v) is 4.75. The van der Waals surface area contributed by atoms with E-state index >= 15 is 0 Å². The van der Waals surface area contributed by atoms with E-state index in [-0.39, 0.29) is 4.90 Å². The van der Waals surface area contributed by atoms with E-state index in [1.165, 1.54) is 11.3 Å². The van der Waals surface area contributed by atoms with Crippen molar-refractivity contribution in [1.82, 2.24) is 19.4 Å². The number of nitrogens with zero attached hydrogens (tertiary/aromatic N) is 3. The maximum Gasteiger partial charge on any atom is 0.244 e. The van der Waals surface area contributed by atoms with Gasteiger partial charge in [-0.05, 0) is 36.7 Å². The van der Waals surface area contributed by atoms with Crippen LogP contribution in [0.25, 0.3) is 16.3 Å². The molecule has 2 aromatic heterocycles. The third-order valence-electron chi connectivity index (χ3n) is 4.36. The van der Waals surface area contributed by atoms with E-state index in [1.54, 1.807) is 10.9 Å². The van der Waals surface area contributed by atoms with Gasteiger partial charge in [0.2, 0.25) is 10.0 Å². The van der Waals surface area contributed by atoms with Crippen molar-refractivity contribution in [2.45, 2.75) is 18.7 Å². The van der Waals surface area contributed by atoms with E-state index in [0.717, 1.165) is 23.7 Å². The Hall–Kier alpha value is -2.00. The summed E-state index contributed by atoms with van der Waals surface area (Å²) in [6.45, 7) is 6.96. The Morgan fingerprint density at radius 3 is 2.48 bits per heavy atom. The number of hydrogen-bond acceptors (Lipinski definition) is 5. The average Bonchev–Trinajstić information content (AvgIpc) is 3.35. The summed E-state index contributed by atoms with van der Waals surface area (Å²) in [6.07, 6.45) is 1.59. The van der Waals surface area contributed by atoms with Crippen LogP contribution in [0.2, 0.25) is 0 Å². The molecule has 0 aliphatic heterocycles. The van der Waals surface area contributed by atoms with Crippen LogP contribution in [0.3, 0.4) is 0 Å². The van der Waals surface area contributed by atoms with Gasteiger partial charge in [0.25, 0.3) is 0 Å². The molecule has 1 aromatic carbocycles. The lowest BCUT2D eigenvalue weighted by atomic mass is 10.3. The molecule has 0 saturated heterocycles. The van der Waals surface area contributed by atoms with Gasteiger partial charge in [-0.2, -0.15) is 5.10 Å². The first-order valence-corrected chi connectivity index (χ1v) is 11.3. The van der Waals surface area contributed by atoms with Crippen LogP contribution in [-0.2, 0) is 10.0 Å². The van der Waals surface area contributed by atoms with Gasteiger partial charge in [0, 0.05) is 13.1 Å². The van der Waals surface area contributed by atoms with Crippen LogP contribution in [-0.4, -0.2) is 49.3 Å². The Balaban J connectivity index is 1.92. The predicted molar refractivity (Wildman–Crippen MR) is 110 cm³/mol. The van der Waals surface area contributed by atoms with Crippen LogP contribution in [0.1, 0.15) is 13.8 Å². The highest BCUT2D eigenvalue weighted by Gasteiger charge is 2.24. The highest BCUT2D eigenvalue weighted by Crippen LogP contribution is 2.30. The van der Waals surface area contributed by atoms with Crippen LogP contribution in [0.5, 0.6) is 0 Å². The lowest BCUT2D eigenvalue weighted by Crippen LogP contribution is -2.34. The Bertz CT molecular complexity index is 947. The minimum atomic E-state index is -3.67. The van der Waals surface area contributed by atoms with Gasteiger partial charge in [-0.3, -0.25) is 0 Å². The number of thiophene rings is 1. The van der Waals surface area contributed by atoms with E-state index in [9.17, 15) is 8.42 Å². The van der Waals surface area contributed by atoms with Crippen LogP contribution < -0.4 is 4.72 Å². The van der Waals surface area contributed by atoms with Crippen LogP contribution in [0, 0.1) is 0 Å². The van der Waals surface area contributed by atoms with E-state index in [2.05, 4.69) is 28.6 Å². The largest absolute Gasteiger partial charge is 0.303 e. The summed E-state index contributed by atoms with van der Waals surface area (Å²) in [7, 11) is -3.67. The summed E-state index contributed by atoms with van der Waals surface area (Å²) in [6, 6.07) is 13.3. The second kappa shape index (κ2) is 8.79. The smallest absolute Gasteiger partial charge is 0.244 e. The number of nitrogens with one attached hydrogen (secondary N) is 1. The summed E-state index contributed by atoms with van der Waals surface area (Å²) in [5, 5.41) is 6.48. The van der Waals surface area contributed by atoms with Crippen LogP contribution in [0.4, 0.5) is 0 Å². The molecule has 0 saturated carbocycles. The predicted octanol–water partition coefficient (Wildman–Crippen LogP) is 3.22. The zero-order valence-electron chi connectivity index (χ0n) is 15.5. The first-order valence-electron chi connectivity index (χ1n) is 8.96. The normalized spacial score (nSPS) is 12.0. The summed E-state index contributed by atoms with van der Waals surface area (Å²) >= 11 is 1.47. The van der Waals surface area contributed by atoms with Gasteiger partial charge in [0.1, 0.15) is 10.6 Å². The molecule has 1 N–H and O–H groups in total. The number of para-hydroxylation sites is 1. The van der Waals surface area contributed by atoms with Crippen LogP contribution >= 0.6 is 11.3 Å². The lowest BCUT2D eigenvalue weighted by molar-refractivity contribution is 0.309. The molecular formula is C19H24N4O2S2. The van der Waals surface area contributed by atoms with Crippen molar-refractivity contribution in [2.75, 3.05) is 26.2 Å². The molecule has 3 aromatic rings. The molecule has 0 radical (unpaired) electrons. The third-order valence-corrected chi connectivity index (χ3v) is 6.70. The monoisotopic (exact) mass is 404 g/mol. The van der Waals surface area contributed by atoms with Crippen molar-refractivity contribution >= 4 is 21.4 Å². The van der Waals surface area contributed by atoms with Crippen molar-refractivity contribution in [3.8, 4) is 16.3 Å². The SMILES string of the molecule is CCN(CC)CCNS(=O)(=O)c1cn(-c2ccccc2)nc1-c1cccs1. The molecular weight excluding hydrogens is 380 g/mol. The van der Waals surface area contributed by atoms with Crippen molar-refractivity contribution < 1.29 is 8.42 Å². The minimum absolute atomic E-state index is 0.202. The summed E-state index contributed by atoms with van der Waals surface area (Å²) in [5.41, 5.74) is 1.30. The summed E-state index contributed by atoms with van der Waals surface area (Å²) in [5.74, 6) is 0. The summed E-state index contributed by atoms with van der Waals surface area (Å²) < 4.78 is 30.3. The molecule has 0 fully saturated rings. The minimum Gasteiger partial charge on any atom is -0.303 e. The van der Waals surface area contributed by atoms with Gasteiger partial charge in [-0.1, -0.05) is 38.1 Å². The van der Waals surface area contributed by atoms with E-state index < -0.39 is 10.0 Å². The van der Waals surface area contributed by atoms with Crippen molar-refractivity contribution in [3.63, 3.8) is 0 Å². The van der Waals surface area contributed by atoms with Gasteiger partial charge in [-0.15, -0.1) is 11.3 Å². The molecule has 0 spiro atoms. The zero-order valence-corrected chi connectivity index (χ0v) is 17.1. The maximum atomic E-state index is 13.0. The topological polar surface area (TPSA) is 67.2 Å². The first kappa shape index (κ1) is 19.8. The number of hydrogen-bond donors (Lipinski definition) is 1. The molecule has 0 unspecified atom stereocenters. The zero-order chi connectivity index (χ0) is 19.3. The molecule has 0 bridgehead atoms. The van der Waals surface area contributed by atoms with E-state index in [1.807, 2.05) is 47.8 Å². The van der Waals surface area contributed by atoms with Crippen molar-refractivity contribution in [2.24, 2.45) is 0 Å². The standard InChI is InChI=1S/C19H24N4O2S2/c1-3-22(4-2)13-12-20-27(24,25)18-15-23(16-9-6-5-7-10-16)21-19(18)17-11-8-14-26-17/h5-11,14-15,20H,3-4,12-13H2,1-2H3. The van der Waals surface area contributed by atoms with Gasteiger partial charge in [0.05, 0.1) is 16.8 Å². The highest BCUT2D eigenvalue weighted by atomic mass is 32.2. The molecule has 0 amide bonds. The Kier molecular flexibility index (Phi) is 6.43. The number of sulfonamides is 1. The number of benzene rings is 1. The van der Waals surface area contributed by atoms with E-state index in [0.29, 0.717) is 18.8 Å². The molecule has 6 nitrogen and oxygen atoms in total. The number of aromatic nitrogens is 2. The van der Waals surface area contributed by atoms with Crippen LogP contribution in [0.15, 0.2) is 58.9 Å². The molecule has 2 heterocycles. The Labute approximate surface area is 164 Å². The number of rotatable bonds is 9. The van der Waals surface area contributed by atoms with Gasteiger partial charge in [0.15, 0.2) is 0 Å². The van der Waals surface area contributed by atoms with E-state index in [4.69, 9.17) is 0 Å². The second-order valence-electron chi connectivity index (χ2n) is 6.02. The lowest BCUT2D eigenvalue weighted by Gasteiger charge is -2.17. The molecule has 3 rings (SSSR count). The number of likely N-dealkylation sites (N-methyl/N-ethyl adjacent to an activating group) is 1. The average molecular weight is 405 g/mol. The van der Waals surface area contributed by atoms with Gasteiger partial charge >= 0.3 is 0 Å². The highest BCUT2D eigenvalue weighted by molar-refractivity contribution is 7.89. The molecule has 8 heteroatoms. The summed E-state index contributed by atoms with van der Waals surface area (Å²) in [4.78, 5) is 3.21. The first-order chi connectivity index (χ1) is 13.0. The Morgan fingerprint density at radius 1 is 1.11 bits per heavy atom. The fourth-order valence-electron chi connectivity index (χ4n) is 2.81. The van der Waals surface area contributed by atoms with Crippen molar-refractivity contribution in [1.29, 1.82) is 0 Å². The Morgan fingerprint density at radius 2 is 1.85 bits per heavy atom. The quantitative estimate of drug-likeness (QED) is 0.595. The third kappa shape index (κ3) is 4.65. The molecule has 27 heavy (non-hydrogen) atoms. The second-order valence-corrected chi connectivity index (χ2v) is 8.71. The molecule has 144 valence electrons. The van der Waals surface area contributed by atoms with Gasteiger partial charge < -0.3 is 4.90 Å².